The first-order chi connectivity index (χ1) is 9.79. The lowest BCUT2D eigenvalue weighted by Gasteiger charge is -2.34. The largest absolute Gasteiger partial charge is 0.340 e. The summed E-state index contributed by atoms with van der Waals surface area (Å²) in [6.07, 6.45) is 4.30. The molecule has 0 radical (unpaired) electrons. The van der Waals surface area contributed by atoms with Crippen LogP contribution in [0.1, 0.15) is 25.0 Å². The summed E-state index contributed by atoms with van der Waals surface area (Å²) >= 11 is 0. The molecule has 0 saturated carbocycles. The van der Waals surface area contributed by atoms with E-state index in [4.69, 9.17) is 5.73 Å². The summed E-state index contributed by atoms with van der Waals surface area (Å²) in [7, 11) is 0. The Labute approximate surface area is 120 Å². The van der Waals surface area contributed by atoms with E-state index in [0.29, 0.717) is 13.0 Å². The van der Waals surface area contributed by atoms with Crippen LogP contribution in [0.2, 0.25) is 0 Å². The normalized spacial score (nSPS) is 16.4. The van der Waals surface area contributed by atoms with Crippen molar-refractivity contribution in [3.8, 4) is 0 Å². The lowest BCUT2D eigenvalue weighted by atomic mass is 10.2. The van der Waals surface area contributed by atoms with Crippen LogP contribution in [-0.4, -0.2) is 53.4 Å². The molecular weight excluding hydrogens is 252 g/mol. The number of nitrogens with two attached hydrogens (primary N) is 1. The predicted molar refractivity (Wildman–Crippen MR) is 79.0 cm³/mol. The molecule has 2 N–H and O–H groups in total. The van der Waals surface area contributed by atoms with Crippen LogP contribution in [0.15, 0.2) is 24.4 Å². The fourth-order valence-corrected chi connectivity index (χ4v) is 2.45. The Morgan fingerprint density at radius 3 is 2.65 bits per heavy atom. The Morgan fingerprint density at radius 2 is 2.00 bits per heavy atom. The quantitative estimate of drug-likeness (QED) is 0.783. The van der Waals surface area contributed by atoms with Gasteiger partial charge >= 0.3 is 0 Å². The zero-order chi connectivity index (χ0) is 14.2. The molecule has 0 aromatic carbocycles. The van der Waals surface area contributed by atoms with E-state index in [1.807, 2.05) is 29.3 Å². The highest BCUT2D eigenvalue weighted by Gasteiger charge is 2.20. The SMILES string of the molecule is NCCCCC(=O)N1CCN(Cc2ccccn2)CC1. The standard InChI is InChI=1S/C15H24N4O/c16-7-3-1-6-15(20)19-11-9-18(10-12-19)13-14-5-2-4-8-17-14/h2,4-5,8H,1,3,6-7,9-13,16H2. The van der Waals surface area contributed by atoms with Crippen molar-refractivity contribution < 1.29 is 4.79 Å². The van der Waals surface area contributed by atoms with E-state index in [1.165, 1.54) is 0 Å². The third-order valence-electron chi connectivity index (χ3n) is 3.68. The first-order valence-electron chi connectivity index (χ1n) is 7.39. The van der Waals surface area contributed by atoms with Gasteiger partial charge in [0, 0.05) is 45.3 Å². The maximum atomic E-state index is 12.0. The molecule has 0 spiro atoms. The molecule has 1 fully saturated rings. The first kappa shape index (κ1) is 14.9. The summed E-state index contributed by atoms with van der Waals surface area (Å²) in [5.41, 5.74) is 6.54. The number of hydrogen-bond acceptors (Lipinski definition) is 4. The lowest BCUT2D eigenvalue weighted by molar-refractivity contribution is -0.133. The number of aromatic nitrogens is 1. The summed E-state index contributed by atoms with van der Waals surface area (Å²) in [5.74, 6) is 0.274. The Hall–Kier alpha value is -1.46. The van der Waals surface area contributed by atoms with Crippen LogP contribution in [0.3, 0.4) is 0 Å². The zero-order valence-corrected chi connectivity index (χ0v) is 12.0. The fraction of sp³-hybridized carbons (Fsp3) is 0.600. The van der Waals surface area contributed by atoms with E-state index in [2.05, 4.69) is 9.88 Å². The molecule has 2 rings (SSSR count). The van der Waals surface area contributed by atoms with Crippen molar-refractivity contribution in [3.63, 3.8) is 0 Å². The van der Waals surface area contributed by atoms with Gasteiger partial charge in [0.2, 0.25) is 5.91 Å². The Morgan fingerprint density at radius 1 is 1.20 bits per heavy atom. The van der Waals surface area contributed by atoms with Crippen molar-refractivity contribution >= 4 is 5.91 Å². The Balaban J connectivity index is 1.71. The number of hydrogen-bond donors (Lipinski definition) is 1. The van der Waals surface area contributed by atoms with E-state index in [0.717, 1.165) is 51.3 Å². The summed E-state index contributed by atoms with van der Waals surface area (Å²) in [6, 6.07) is 5.99. The summed E-state index contributed by atoms with van der Waals surface area (Å²) in [4.78, 5) is 20.7. The van der Waals surface area contributed by atoms with Gasteiger partial charge in [0.05, 0.1) is 5.69 Å². The van der Waals surface area contributed by atoms with Gasteiger partial charge in [-0.3, -0.25) is 14.7 Å². The van der Waals surface area contributed by atoms with E-state index in [1.54, 1.807) is 0 Å². The molecule has 1 aromatic rings. The minimum absolute atomic E-state index is 0.274. The fourth-order valence-electron chi connectivity index (χ4n) is 2.45. The molecule has 0 bridgehead atoms. The van der Waals surface area contributed by atoms with E-state index >= 15 is 0 Å². The number of pyridine rings is 1. The number of unbranched alkanes of at least 4 members (excludes halogenated alkanes) is 1. The minimum atomic E-state index is 0.274. The van der Waals surface area contributed by atoms with Gasteiger partial charge in [-0.2, -0.15) is 0 Å². The van der Waals surface area contributed by atoms with E-state index < -0.39 is 0 Å². The van der Waals surface area contributed by atoms with Crippen molar-refractivity contribution in [2.24, 2.45) is 5.73 Å². The molecule has 0 atom stereocenters. The number of carbonyl (C=O) groups excluding carboxylic acids is 1. The average Bonchev–Trinajstić information content (AvgIpc) is 2.49. The molecule has 2 heterocycles. The van der Waals surface area contributed by atoms with Gasteiger partial charge in [0.1, 0.15) is 0 Å². The topological polar surface area (TPSA) is 62.5 Å². The number of piperazine rings is 1. The van der Waals surface area contributed by atoms with Crippen molar-refractivity contribution in [2.75, 3.05) is 32.7 Å². The van der Waals surface area contributed by atoms with Crippen LogP contribution >= 0.6 is 0 Å². The number of amides is 1. The van der Waals surface area contributed by atoms with Gasteiger partial charge in [-0.15, -0.1) is 0 Å². The van der Waals surface area contributed by atoms with Crippen molar-refractivity contribution in [1.29, 1.82) is 0 Å². The van der Waals surface area contributed by atoms with Gasteiger partial charge < -0.3 is 10.6 Å². The maximum absolute atomic E-state index is 12.0. The number of carbonyl (C=O) groups is 1. The molecule has 0 aliphatic carbocycles. The smallest absolute Gasteiger partial charge is 0.222 e. The predicted octanol–water partition coefficient (Wildman–Crippen LogP) is 0.855. The zero-order valence-electron chi connectivity index (χ0n) is 12.0. The van der Waals surface area contributed by atoms with Crippen molar-refractivity contribution in [2.45, 2.75) is 25.8 Å². The molecule has 110 valence electrons. The molecule has 1 aliphatic heterocycles. The number of rotatable bonds is 6. The van der Waals surface area contributed by atoms with Crippen LogP contribution in [0, 0.1) is 0 Å². The van der Waals surface area contributed by atoms with Crippen LogP contribution in [-0.2, 0) is 11.3 Å². The second kappa shape index (κ2) is 7.97. The summed E-state index contributed by atoms with van der Waals surface area (Å²) in [5, 5.41) is 0. The molecule has 5 nitrogen and oxygen atoms in total. The maximum Gasteiger partial charge on any atom is 0.222 e. The highest BCUT2D eigenvalue weighted by Crippen LogP contribution is 2.09. The third-order valence-corrected chi connectivity index (χ3v) is 3.68. The highest BCUT2D eigenvalue weighted by atomic mass is 16.2. The summed E-state index contributed by atoms with van der Waals surface area (Å²) in [6.45, 7) is 5.06. The van der Waals surface area contributed by atoms with Crippen molar-refractivity contribution in [3.05, 3.63) is 30.1 Å². The monoisotopic (exact) mass is 276 g/mol. The van der Waals surface area contributed by atoms with E-state index in [-0.39, 0.29) is 5.91 Å². The van der Waals surface area contributed by atoms with Crippen LogP contribution in [0.25, 0.3) is 0 Å². The van der Waals surface area contributed by atoms with Crippen LogP contribution in [0.5, 0.6) is 0 Å². The Kier molecular flexibility index (Phi) is 5.95. The van der Waals surface area contributed by atoms with Gasteiger partial charge in [0.25, 0.3) is 0 Å². The van der Waals surface area contributed by atoms with Gasteiger partial charge in [-0.1, -0.05) is 6.07 Å². The first-order valence-corrected chi connectivity index (χ1v) is 7.39. The molecule has 1 saturated heterocycles. The third kappa shape index (κ3) is 4.58. The molecule has 1 aromatic heterocycles. The van der Waals surface area contributed by atoms with Crippen molar-refractivity contribution in [1.82, 2.24) is 14.8 Å². The Bertz CT molecular complexity index is 402. The molecule has 1 amide bonds. The van der Waals surface area contributed by atoms with Gasteiger partial charge in [-0.05, 0) is 31.5 Å². The minimum Gasteiger partial charge on any atom is -0.340 e. The molecule has 5 heteroatoms. The molecule has 20 heavy (non-hydrogen) atoms. The van der Waals surface area contributed by atoms with Crippen LogP contribution < -0.4 is 5.73 Å². The van der Waals surface area contributed by atoms with Crippen LogP contribution in [0.4, 0.5) is 0 Å². The van der Waals surface area contributed by atoms with E-state index in [9.17, 15) is 4.79 Å². The van der Waals surface area contributed by atoms with Gasteiger partial charge in [0.15, 0.2) is 0 Å². The second-order valence-electron chi connectivity index (χ2n) is 5.22. The second-order valence-corrected chi connectivity index (χ2v) is 5.22. The number of nitrogens with zero attached hydrogens (tertiary/aromatic N) is 3. The average molecular weight is 276 g/mol. The molecular formula is C15H24N4O. The lowest BCUT2D eigenvalue weighted by Crippen LogP contribution is -2.48. The molecule has 1 aliphatic rings. The van der Waals surface area contributed by atoms with Gasteiger partial charge in [-0.25, -0.2) is 0 Å². The highest BCUT2D eigenvalue weighted by molar-refractivity contribution is 5.76. The summed E-state index contributed by atoms with van der Waals surface area (Å²) < 4.78 is 0. The molecule has 0 unspecified atom stereocenters.